The van der Waals surface area contributed by atoms with Crippen LogP contribution in [0.15, 0.2) is 12.4 Å². The molecule has 0 unspecified atom stereocenters. The highest BCUT2D eigenvalue weighted by Gasteiger charge is 2.09. The lowest BCUT2D eigenvalue weighted by molar-refractivity contribution is 0.398. The molecule has 1 N–H and O–H groups in total. The molecule has 6 nitrogen and oxygen atoms in total. The van der Waals surface area contributed by atoms with Crippen molar-refractivity contribution in [1.29, 1.82) is 0 Å². The van der Waals surface area contributed by atoms with E-state index in [-0.39, 0.29) is 0 Å². The number of ether oxygens (including phenoxy) is 1. The van der Waals surface area contributed by atoms with Gasteiger partial charge in [0.25, 0.3) is 0 Å². The van der Waals surface area contributed by atoms with Crippen LogP contribution in [0.25, 0.3) is 0 Å². The van der Waals surface area contributed by atoms with Crippen LogP contribution in [-0.4, -0.2) is 26.9 Å². The van der Waals surface area contributed by atoms with Crippen molar-refractivity contribution >= 4 is 23.2 Å². The Hall–Kier alpha value is -1.82. The van der Waals surface area contributed by atoms with E-state index >= 15 is 0 Å². The summed E-state index contributed by atoms with van der Waals surface area (Å²) in [6, 6.07) is 0. The number of rotatable bonds is 4. The molecule has 0 aliphatic heterocycles. The topological polar surface area (TPSA) is 64.9 Å². The van der Waals surface area contributed by atoms with Crippen molar-refractivity contribution in [3.63, 3.8) is 0 Å². The quantitative estimate of drug-likeness (QED) is 0.922. The van der Waals surface area contributed by atoms with E-state index in [1.54, 1.807) is 0 Å². The summed E-state index contributed by atoms with van der Waals surface area (Å²) in [7, 11) is 1.51. The molecule has 0 aliphatic carbocycles. The molecule has 2 aromatic rings. The van der Waals surface area contributed by atoms with Gasteiger partial charge in [0, 0.05) is 12.7 Å². The Labute approximate surface area is 110 Å². The van der Waals surface area contributed by atoms with Crippen LogP contribution in [0.5, 0.6) is 5.88 Å². The van der Waals surface area contributed by atoms with Crippen molar-refractivity contribution in [1.82, 2.24) is 19.7 Å². The van der Waals surface area contributed by atoms with E-state index in [0.29, 0.717) is 16.9 Å². The van der Waals surface area contributed by atoms with E-state index in [4.69, 9.17) is 16.3 Å². The fourth-order valence-electron chi connectivity index (χ4n) is 1.48. The predicted molar refractivity (Wildman–Crippen MR) is 69.5 cm³/mol. The van der Waals surface area contributed by atoms with Gasteiger partial charge >= 0.3 is 0 Å². The maximum absolute atomic E-state index is 5.86. The second-order valence-corrected chi connectivity index (χ2v) is 4.07. The molecule has 0 aliphatic rings. The zero-order valence-corrected chi connectivity index (χ0v) is 11.2. The molecule has 0 bridgehead atoms. The maximum atomic E-state index is 5.86. The average Bonchev–Trinajstić information content (AvgIpc) is 2.72. The third kappa shape index (κ3) is 2.53. The molecule has 0 spiro atoms. The van der Waals surface area contributed by atoms with Crippen molar-refractivity contribution in [2.24, 2.45) is 0 Å². The lowest BCUT2D eigenvalue weighted by atomic mass is 10.4. The number of aromatic nitrogens is 4. The van der Waals surface area contributed by atoms with E-state index in [2.05, 4.69) is 20.4 Å². The van der Waals surface area contributed by atoms with E-state index in [1.807, 2.05) is 24.7 Å². The normalized spacial score (nSPS) is 10.4. The molecule has 0 saturated carbocycles. The van der Waals surface area contributed by atoms with Gasteiger partial charge in [0.1, 0.15) is 5.02 Å². The van der Waals surface area contributed by atoms with E-state index in [1.165, 1.54) is 13.3 Å². The van der Waals surface area contributed by atoms with Crippen LogP contribution in [-0.2, 0) is 6.54 Å². The number of hydrogen-bond acceptors (Lipinski definition) is 5. The van der Waals surface area contributed by atoms with Gasteiger partial charge in [-0.05, 0) is 13.8 Å². The maximum Gasteiger partial charge on any atom is 0.237 e. The summed E-state index contributed by atoms with van der Waals surface area (Å²) in [5, 5.41) is 7.79. The smallest absolute Gasteiger partial charge is 0.237 e. The lowest BCUT2D eigenvalue weighted by Crippen LogP contribution is -1.99. The molecular weight excluding hydrogens is 254 g/mol. The van der Waals surface area contributed by atoms with Crippen LogP contribution >= 0.6 is 11.6 Å². The Morgan fingerprint density at radius 1 is 1.50 bits per heavy atom. The van der Waals surface area contributed by atoms with Gasteiger partial charge in [0.15, 0.2) is 0 Å². The van der Waals surface area contributed by atoms with Gasteiger partial charge < -0.3 is 10.1 Å². The SMILES string of the molecule is CCn1cc(Nc2ncc(Cl)c(OC)n2)c(C)n1. The van der Waals surface area contributed by atoms with Crippen molar-refractivity contribution in [2.45, 2.75) is 20.4 Å². The van der Waals surface area contributed by atoms with Gasteiger partial charge in [-0.25, -0.2) is 4.98 Å². The summed E-state index contributed by atoms with van der Waals surface area (Å²) in [4.78, 5) is 8.24. The van der Waals surface area contributed by atoms with Crippen LogP contribution in [0.1, 0.15) is 12.6 Å². The van der Waals surface area contributed by atoms with E-state index in [0.717, 1.165) is 17.9 Å². The Bertz CT molecular complexity index is 554. The number of hydrogen-bond donors (Lipinski definition) is 1. The Balaban J connectivity index is 2.25. The minimum absolute atomic E-state index is 0.342. The monoisotopic (exact) mass is 267 g/mol. The Morgan fingerprint density at radius 3 is 2.89 bits per heavy atom. The van der Waals surface area contributed by atoms with Crippen LogP contribution in [0.4, 0.5) is 11.6 Å². The molecule has 0 amide bonds. The first-order valence-electron chi connectivity index (χ1n) is 5.51. The first-order valence-corrected chi connectivity index (χ1v) is 5.89. The molecule has 0 radical (unpaired) electrons. The van der Waals surface area contributed by atoms with Crippen molar-refractivity contribution < 1.29 is 4.74 Å². The molecule has 2 heterocycles. The van der Waals surface area contributed by atoms with Crippen LogP contribution in [0, 0.1) is 6.92 Å². The molecule has 2 rings (SSSR count). The van der Waals surface area contributed by atoms with Gasteiger partial charge in [-0.15, -0.1) is 0 Å². The molecule has 0 fully saturated rings. The van der Waals surface area contributed by atoms with Crippen LogP contribution in [0.2, 0.25) is 5.02 Å². The zero-order valence-electron chi connectivity index (χ0n) is 10.4. The van der Waals surface area contributed by atoms with Gasteiger partial charge in [-0.2, -0.15) is 10.1 Å². The summed E-state index contributed by atoms with van der Waals surface area (Å²) in [6.07, 6.45) is 3.40. The number of nitrogens with one attached hydrogen (secondary N) is 1. The fourth-order valence-corrected chi connectivity index (χ4v) is 1.65. The summed E-state index contributed by atoms with van der Waals surface area (Å²) in [6.45, 7) is 4.76. The minimum Gasteiger partial charge on any atom is -0.480 e. The number of anilines is 2. The molecule has 0 atom stereocenters. The van der Waals surface area contributed by atoms with Gasteiger partial charge in [0.2, 0.25) is 11.8 Å². The highest BCUT2D eigenvalue weighted by Crippen LogP contribution is 2.23. The standard InChI is InChI=1S/C11H14ClN5O/c1-4-17-6-9(7(2)16-17)14-11-13-5-8(12)10(15-11)18-3/h5-6H,4H2,1-3H3,(H,13,14,15). The molecule has 18 heavy (non-hydrogen) atoms. The minimum atomic E-state index is 0.342. The highest BCUT2D eigenvalue weighted by molar-refractivity contribution is 6.31. The van der Waals surface area contributed by atoms with Crippen molar-refractivity contribution in [2.75, 3.05) is 12.4 Å². The van der Waals surface area contributed by atoms with Crippen molar-refractivity contribution in [3.05, 3.63) is 23.1 Å². The second kappa shape index (κ2) is 5.22. The molecule has 96 valence electrons. The number of nitrogens with zero attached hydrogens (tertiary/aromatic N) is 4. The lowest BCUT2D eigenvalue weighted by Gasteiger charge is -2.05. The largest absolute Gasteiger partial charge is 0.480 e. The van der Waals surface area contributed by atoms with E-state index < -0.39 is 0 Å². The van der Waals surface area contributed by atoms with Gasteiger partial charge in [-0.3, -0.25) is 4.68 Å². The zero-order chi connectivity index (χ0) is 13.1. The second-order valence-electron chi connectivity index (χ2n) is 3.66. The Morgan fingerprint density at radius 2 is 2.28 bits per heavy atom. The van der Waals surface area contributed by atoms with E-state index in [9.17, 15) is 0 Å². The molecule has 7 heteroatoms. The summed E-state index contributed by atoms with van der Waals surface area (Å²) in [5.74, 6) is 0.768. The van der Waals surface area contributed by atoms with Crippen LogP contribution in [0.3, 0.4) is 0 Å². The highest BCUT2D eigenvalue weighted by atomic mass is 35.5. The first kappa shape index (κ1) is 12.6. The number of halogens is 1. The van der Waals surface area contributed by atoms with Crippen LogP contribution < -0.4 is 10.1 Å². The molecule has 0 saturated heterocycles. The number of aryl methyl sites for hydroxylation is 2. The average molecular weight is 268 g/mol. The molecule has 2 aromatic heterocycles. The number of methoxy groups -OCH3 is 1. The first-order chi connectivity index (χ1) is 8.63. The van der Waals surface area contributed by atoms with Gasteiger partial charge in [-0.1, -0.05) is 11.6 Å². The summed E-state index contributed by atoms with van der Waals surface area (Å²) < 4.78 is 6.87. The summed E-state index contributed by atoms with van der Waals surface area (Å²) in [5.41, 5.74) is 1.75. The molecule has 0 aromatic carbocycles. The third-order valence-electron chi connectivity index (χ3n) is 2.42. The Kier molecular flexibility index (Phi) is 3.66. The predicted octanol–water partition coefficient (Wildman–Crippen LogP) is 2.41. The fraction of sp³-hybridized carbons (Fsp3) is 0.364. The third-order valence-corrected chi connectivity index (χ3v) is 2.68. The van der Waals surface area contributed by atoms with Crippen molar-refractivity contribution in [3.8, 4) is 5.88 Å². The molecular formula is C11H14ClN5O. The summed E-state index contributed by atoms with van der Waals surface area (Å²) >= 11 is 5.86. The van der Waals surface area contributed by atoms with Gasteiger partial charge in [0.05, 0.1) is 24.7 Å².